The summed E-state index contributed by atoms with van der Waals surface area (Å²) in [5.41, 5.74) is 5.73. The third-order valence-electron chi connectivity index (χ3n) is 3.60. The van der Waals surface area contributed by atoms with Crippen LogP contribution in [-0.2, 0) is 9.59 Å². The zero-order chi connectivity index (χ0) is 15.9. The van der Waals surface area contributed by atoms with Gasteiger partial charge in [-0.25, -0.2) is 15.2 Å². The Morgan fingerprint density at radius 2 is 2.36 bits per heavy atom. The smallest absolute Gasteiger partial charge is 0.352 e. The van der Waals surface area contributed by atoms with Crippen LogP contribution in [0.4, 0.5) is 0 Å². The van der Waals surface area contributed by atoms with Gasteiger partial charge in [0.15, 0.2) is 0 Å². The lowest BCUT2D eigenvalue weighted by molar-refractivity contribution is -0.149. The van der Waals surface area contributed by atoms with Crippen molar-refractivity contribution >= 4 is 41.1 Å². The predicted octanol–water partition coefficient (Wildman–Crippen LogP) is 0.550. The largest absolute Gasteiger partial charge is 0.477 e. The van der Waals surface area contributed by atoms with Gasteiger partial charge in [0.25, 0.3) is 0 Å². The summed E-state index contributed by atoms with van der Waals surface area (Å²) in [6.07, 6.45) is 3.60. The number of thioether (sulfide) groups is 1. The van der Waals surface area contributed by atoms with Crippen LogP contribution in [0.2, 0.25) is 0 Å². The molecule has 1 aromatic rings. The fraction of sp³-hybridized carbons (Fsp3) is 0.308. The number of amides is 1. The molecule has 1 aromatic heterocycles. The second-order valence-corrected chi connectivity index (χ2v) is 6.86. The van der Waals surface area contributed by atoms with Crippen molar-refractivity contribution in [1.29, 1.82) is 0 Å². The van der Waals surface area contributed by atoms with Crippen molar-refractivity contribution in [3.8, 4) is 0 Å². The minimum atomic E-state index is -1.10. The third-order valence-corrected chi connectivity index (χ3v) is 5.80. The van der Waals surface area contributed by atoms with E-state index in [2.05, 4.69) is 10.4 Å². The number of hydrazine groups is 1. The SMILES string of the molecule is Cc1ncsc1/C=C/C1=C(C(=O)O)N2C(=O)[C@@H](NN)[C@H]2SC1. The van der Waals surface area contributed by atoms with E-state index < -0.39 is 12.0 Å². The van der Waals surface area contributed by atoms with Gasteiger partial charge in [0, 0.05) is 10.6 Å². The Bertz CT molecular complexity index is 697. The van der Waals surface area contributed by atoms with Crippen molar-refractivity contribution in [2.24, 2.45) is 5.84 Å². The number of nitrogens with two attached hydrogens (primary N) is 1. The summed E-state index contributed by atoms with van der Waals surface area (Å²) in [6, 6.07) is -0.520. The maximum absolute atomic E-state index is 12.0. The quantitative estimate of drug-likeness (QED) is 0.418. The van der Waals surface area contributed by atoms with E-state index in [0.717, 1.165) is 10.6 Å². The molecule has 0 unspecified atom stereocenters. The lowest BCUT2D eigenvalue weighted by atomic mass is 10.0. The highest BCUT2D eigenvalue weighted by molar-refractivity contribution is 8.00. The first-order chi connectivity index (χ1) is 10.5. The maximum atomic E-state index is 12.0. The van der Waals surface area contributed by atoms with Crippen molar-refractivity contribution < 1.29 is 14.7 Å². The molecule has 2 aliphatic heterocycles. The molecule has 0 saturated carbocycles. The normalized spacial score (nSPS) is 24.6. The molecule has 22 heavy (non-hydrogen) atoms. The van der Waals surface area contributed by atoms with Gasteiger partial charge in [-0.05, 0) is 18.6 Å². The number of allylic oxidation sites excluding steroid dienone is 1. The molecule has 9 heteroatoms. The van der Waals surface area contributed by atoms with Gasteiger partial charge in [-0.1, -0.05) is 6.08 Å². The lowest BCUT2D eigenvalue weighted by Crippen LogP contribution is -2.71. The minimum absolute atomic E-state index is 0.0404. The molecular weight excluding hydrogens is 324 g/mol. The van der Waals surface area contributed by atoms with Gasteiger partial charge in [0.2, 0.25) is 5.91 Å². The average molecular weight is 338 g/mol. The zero-order valence-corrected chi connectivity index (χ0v) is 13.3. The lowest BCUT2D eigenvalue weighted by Gasteiger charge is -2.48. The van der Waals surface area contributed by atoms with E-state index in [4.69, 9.17) is 5.84 Å². The van der Waals surface area contributed by atoms with Gasteiger partial charge in [-0.3, -0.25) is 15.5 Å². The highest BCUT2D eigenvalue weighted by Gasteiger charge is 2.52. The second kappa shape index (κ2) is 5.84. The maximum Gasteiger partial charge on any atom is 0.352 e. The number of carbonyl (C=O) groups excluding carboxylic acids is 1. The third kappa shape index (κ3) is 2.35. The summed E-state index contributed by atoms with van der Waals surface area (Å²) in [5.74, 6) is 4.44. The number of aliphatic carboxylic acids is 1. The van der Waals surface area contributed by atoms with Crippen molar-refractivity contribution in [3.63, 3.8) is 0 Å². The second-order valence-electron chi connectivity index (χ2n) is 4.87. The van der Waals surface area contributed by atoms with Crippen LogP contribution >= 0.6 is 23.1 Å². The van der Waals surface area contributed by atoms with Crippen LogP contribution in [0.15, 0.2) is 22.9 Å². The summed E-state index contributed by atoms with van der Waals surface area (Å²) < 4.78 is 0. The van der Waals surface area contributed by atoms with Crippen molar-refractivity contribution in [1.82, 2.24) is 15.3 Å². The predicted molar refractivity (Wildman–Crippen MR) is 84.7 cm³/mol. The number of carbonyl (C=O) groups is 2. The highest BCUT2D eigenvalue weighted by atomic mass is 32.2. The standard InChI is InChI=1S/C13H14N4O3S2/c1-6-8(22-5-15-6)3-2-7-4-21-12-9(16-14)11(18)17(12)10(7)13(19)20/h2-3,5,9,12,16H,4,14H2,1H3,(H,19,20)/b3-2+/t9-,12-/m1/s1. The van der Waals surface area contributed by atoms with Crippen LogP contribution in [0.1, 0.15) is 10.6 Å². The number of hydrogen-bond acceptors (Lipinski definition) is 7. The monoisotopic (exact) mass is 338 g/mol. The first-order valence-electron chi connectivity index (χ1n) is 6.50. The van der Waals surface area contributed by atoms with Gasteiger partial charge in [0.05, 0.1) is 11.2 Å². The van der Waals surface area contributed by atoms with Gasteiger partial charge in [-0.15, -0.1) is 23.1 Å². The van der Waals surface area contributed by atoms with Crippen molar-refractivity contribution in [3.05, 3.63) is 33.4 Å². The minimum Gasteiger partial charge on any atom is -0.477 e. The van der Waals surface area contributed by atoms with E-state index in [1.165, 1.54) is 28.0 Å². The number of β-lactam (4-membered cyclic amide) rings is 1. The van der Waals surface area contributed by atoms with Crippen LogP contribution in [0.25, 0.3) is 6.08 Å². The van der Waals surface area contributed by atoms with E-state index >= 15 is 0 Å². The van der Waals surface area contributed by atoms with Crippen molar-refractivity contribution in [2.75, 3.05) is 5.75 Å². The van der Waals surface area contributed by atoms with Crippen LogP contribution in [0.3, 0.4) is 0 Å². The Morgan fingerprint density at radius 3 is 2.95 bits per heavy atom. The van der Waals surface area contributed by atoms with E-state index in [1.54, 1.807) is 11.6 Å². The van der Waals surface area contributed by atoms with Crippen molar-refractivity contribution in [2.45, 2.75) is 18.3 Å². The summed E-state index contributed by atoms with van der Waals surface area (Å²) in [6.45, 7) is 1.89. The molecule has 1 saturated heterocycles. The number of rotatable bonds is 4. The Morgan fingerprint density at radius 1 is 1.59 bits per heavy atom. The number of carboxylic acids is 1. The van der Waals surface area contributed by atoms with Gasteiger partial charge in [0.1, 0.15) is 17.1 Å². The number of fused-ring (bicyclic) bond motifs is 1. The molecular formula is C13H14N4O3S2. The highest BCUT2D eigenvalue weighted by Crippen LogP contribution is 2.40. The van der Waals surface area contributed by atoms with E-state index in [0.29, 0.717) is 11.3 Å². The Balaban J connectivity index is 1.93. The molecule has 116 valence electrons. The number of nitrogens with one attached hydrogen (secondary N) is 1. The molecule has 0 bridgehead atoms. The van der Waals surface area contributed by atoms with Gasteiger partial charge in [-0.2, -0.15) is 0 Å². The number of aryl methyl sites for hydroxylation is 1. The topological polar surface area (TPSA) is 109 Å². The molecule has 0 spiro atoms. The molecule has 3 rings (SSSR count). The van der Waals surface area contributed by atoms with Gasteiger partial charge < -0.3 is 5.11 Å². The molecule has 1 amide bonds. The molecule has 0 radical (unpaired) electrons. The van der Waals surface area contributed by atoms with Crippen LogP contribution < -0.4 is 11.3 Å². The van der Waals surface area contributed by atoms with Crippen LogP contribution in [-0.4, -0.2) is 44.0 Å². The molecule has 0 aliphatic carbocycles. The number of hydrogen-bond donors (Lipinski definition) is 3. The molecule has 3 heterocycles. The Hall–Kier alpha value is -1.68. The first-order valence-corrected chi connectivity index (χ1v) is 8.43. The Labute approximate surface area is 134 Å². The van der Waals surface area contributed by atoms with Gasteiger partial charge >= 0.3 is 5.97 Å². The summed E-state index contributed by atoms with van der Waals surface area (Å²) in [5, 5.41) is 9.20. The fourth-order valence-electron chi connectivity index (χ4n) is 2.44. The first kappa shape index (κ1) is 15.2. The molecule has 2 atom stereocenters. The summed E-state index contributed by atoms with van der Waals surface area (Å²) in [7, 11) is 0. The van der Waals surface area contributed by atoms with E-state index in [1.807, 2.05) is 13.0 Å². The molecule has 4 N–H and O–H groups in total. The van der Waals surface area contributed by atoms with E-state index in [-0.39, 0.29) is 17.0 Å². The molecule has 7 nitrogen and oxygen atoms in total. The number of thiazole rings is 1. The summed E-state index contributed by atoms with van der Waals surface area (Å²) >= 11 is 2.98. The molecule has 1 fully saturated rings. The average Bonchev–Trinajstić information content (AvgIpc) is 2.90. The number of nitrogens with zero attached hydrogens (tertiary/aromatic N) is 2. The number of aromatic nitrogens is 1. The number of carboxylic acid groups (broad SMARTS) is 1. The van der Waals surface area contributed by atoms with E-state index in [9.17, 15) is 14.7 Å². The zero-order valence-electron chi connectivity index (χ0n) is 11.6. The molecule has 0 aromatic carbocycles. The van der Waals surface area contributed by atoms with Crippen LogP contribution in [0.5, 0.6) is 0 Å². The Kier molecular flexibility index (Phi) is 4.04. The fourth-order valence-corrected chi connectivity index (χ4v) is 4.46. The summed E-state index contributed by atoms with van der Waals surface area (Å²) in [4.78, 5) is 30.0. The molecule has 2 aliphatic rings. The van der Waals surface area contributed by atoms with Crippen LogP contribution in [0, 0.1) is 6.92 Å².